The molecule has 1 aliphatic rings. The molecule has 4 N–H and O–H groups in total. The Hall–Kier alpha value is -2.32. The summed E-state index contributed by atoms with van der Waals surface area (Å²) in [6.07, 6.45) is 1.13. The van der Waals surface area contributed by atoms with E-state index in [0.717, 1.165) is 50.8 Å². The second-order valence-corrected chi connectivity index (χ2v) is 7.64. The zero-order valence-corrected chi connectivity index (χ0v) is 17.8. The van der Waals surface area contributed by atoms with Crippen LogP contribution in [0, 0.1) is 5.92 Å². The number of aliphatic imine (C=N–C) groups is 1. The first kappa shape index (κ1) is 23.0. The number of ether oxygens (including phenoxy) is 2. The highest BCUT2D eigenvalue weighted by atomic mass is 16.5. The topological polar surface area (TPSA) is 101 Å². The summed E-state index contributed by atoms with van der Waals surface area (Å²) in [4.78, 5) is 17.7. The molecule has 1 unspecified atom stereocenters. The number of carbonyl (C=O) groups is 1. The number of rotatable bonds is 10. The highest BCUT2D eigenvalue weighted by molar-refractivity contribution is 5.79. The van der Waals surface area contributed by atoms with Gasteiger partial charge in [0.2, 0.25) is 0 Å². The van der Waals surface area contributed by atoms with E-state index in [4.69, 9.17) is 15.2 Å². The molecule has 0 bridgehead atoms. The Morgan fingerprint density at radius 1 is 1.31 bits per heavy atom. The van der Waals surface area contributed by atoms with E-state index in [1.54, 1.807) is 13.1 Å². The fourth-order valence-electron chi connectivity index (χ4n) is 3.37. The molecule has 162 valence electrons. The van der Waals surface area contributed by atoms with Crippen LogP contribution in [-0.4, -0.2) is 69.3 Å². The minimum atomic E-state index is -0.491. The maximum absolute atomic E-state index is 10.9. The minimum absolute atomic E-state index is 0.126. The van der Waals surface area contributed by atoms with Gasteiger partial charge >= 0.3 is 0 Å². The number of carbonyl (C=O) groups excluding carboxylic acids is 1. The quantitative estimate of drug-likeness (QED) is 0.396. The van der Waals surface area contributed by atoms with Gasteiger partial charge in [0.05, 0.1) is 13.2 Å². The van der Waals surface area contributed by atoms with Gasteiger partial charge in [-0.05, 0) is 30.0 Å². The molecule has 1 aliphatic heterocycles. The standard InChI is InChI=1S/C21H35N5O3/c1-16(2)11-18(26-7-9-28-10-8-26)14-25-21(23-3)24-13-17-5-4-6-19(12-17)29-15-20(22)27/h4-6,12,16,18H,7-11,13-15H2,1-3H3,(H2,22,27)(H2,23,24,25). The smallest absolute Gasteiger partial charge is 0.255 e. The first-order valence-corrected chi connectivity index (χ1v) is 10.2. The summed E-state index contributed by atoms with van der Waals surface area (Å²) < 4.78 is 10.9. The van der Waals surface area contributed by atoms with Gasteiger partial charge in [0.15, 0.2) is 12.6 Å². The van der Waals surface area contributed by atoms with Gasteiger partial charge in [-0.2, -0.15) is 0 Å². The highest BCUT2D eigenvalue weighted by Gasteiger charge is 2.22. The Kier molecular flexibility index (Phi) is 9.73. The normalized spacial score (nSPS) is 16.5. The van der Waals surface area contributed by atoms with Crippen molar-refractivity contribution in [3.8, 4) is 5.75 Å². The predicted molar refractivity (Wildman–Crippen MR) is 115 cm³/mol. The zero-order valence-electron chi connectivity index (χ0n) is 17.8. The van der Waals surface area contributed by atoms with Gasteiger partial charge in [-0.15, -0.1) is 0 Å². The molecule has 1 fully saturated rings. The molecule has 8 nitrogen and oxygen atoms in total. The number of primary amides is 1. The van der Waals surface area contributed by atoms with Crippen LogP contribution in [0.5, 0.6) is 5.75 Å². The molecule has 1 saturated heterocycles. The average molecular weight is 406 g/mol. The minimum Gasteiger partial charge on any atom is -0.484 e. The first-order valence-electron chi connectivity index (χ1n) is 10.2. The molecule has 29 heavy (non-hydrogen) atoms. The maximum Gasteiger partial charge on any atom is 0.255 e. The third-order valence-electron chi connectivity index (χ3n) is 4.77. The number of hydrogen-bond donors (Lipinski definition) is 3. The fourth-order valence-corrected chi connectivity index (χ4v) is 3.37. The van der Waals surface area contributed by atoms with Crippen molar-refractivity contribution in [1.82, 2.24) is 15.5 Å². The Labute approximate surface area is 173 Å². The Morgan fingerprint density at radius 3 is 2.72 bits per heavy atom. The van der Waals surface area contributed by atoms with Crippen molar-refractivity contribution in [3.63, 3.8) is 0 Å². The highest BCUT2D eigenvalue weighted by Crippen LogP contribution is 2.14. The van der Waals surface area contributed by atoms with Crippen molar-refractivity contribution in [1.29, 1.82) is 0 Å². The van der Waals surface area contributed by atoms with Crippen LogP contribution in [0.2, 0.25) is 0 Å². The van der Waals surface area contributed by atoms with Crippen molar-refractivity contribution in [3.05, 3.63) is 29.8 Å². The molecule has 1 aromatic rings. The Morgan fingerprint density at radius 2 is 2.07 bits per heavy atom. The van der Waals surface area contributed by atoms with Gasteiger partial charge in [-0.1, -0.05) is 26.0 Å². The number of guanidine groups is 1. The lowest BCUT2D eigenvalue weighted by atomic mass is 10.0. The van der Waals surface area contributed by atoms with E-state index in [0.29, 0.717) is 24.3 Å². The number of morpholine rings is 1. The van der Waals surface area contributed by atoms with Gasteiger partial charge in [0.1, 0.15) is 5.75 Å². The lowest BCUT2D eigenvalue weighted by Crippen LogP contribution is -2.50. The molecule has 1 amide bonds. The van der Waals surface area contributed by atoms with Crippen molar-refractivity contribution in [2.24, 2.45) is 16.6 Å². The van der Waals surface area contributed by atoms with Crippen LogP contribution in [0.25, 0.3) is 0 Å². The van der Waals surface area contributed by atoms with Crippen LogP contribution in [-0.2, 0) is 16.1 Å². The predicted octanol–water partition coefficient (Wildman–Crippen LogP) is 0.963. The third-order valence-corrected chi connectivity index (χ3v) is 4.77. The van der Waals surface area contributed by atoms with E-state index in [-0.39, 0.29) is 6.61 Å². The average Bonchev–Trinajstić information content (AvgIpc) is 2.72. The number of amides is 1. The van der Waals surface area contributed by atoms with Gasteiger partial charge < -0.3 is 25.8 Å². The van der Waals surface area contributed by atoms with E-state index in [1.807, 2.05) is 18.2 Å². The van der Waals surface area contributed by atoms with E-state index in [2.05, 4.69) is 34.4 Å². The lowest BCUT2D eigenvalue weighted by molar-refractivity contribution is -0.119. The van der Waals surface area contributed by atoms with Crippen LogP contribution in [0.3, 0.4) is 0 Å². The van der Waals surface area contributed by atoms with Crippen LogP contribution in [0.15, 0.2) is 29.3 Å². The Balaban J connectivity index is 1.85. The molecule has 0 saturated carbocycles. The summed E-state index contributed by atoms with van der Waals surface area (Å²) in [5.74, 6) is 1.52. The van der Waals surface area contributed by atoms with E-state index >= 15 is 0 Å². The number of nitrogens with zero attached hydrogens (tertiary/aromatic N) is 2. The van der Waals surface area contributed by atoms with E-state index in [9.17, 15) is 4.79 Å². The summed E-state index contributed by atoms with van der Waals surface area (Å²) in [5.41, 5.74) is 6.16. The Bertz CT molecular complexity index is 659. The van der Waals surface area contributed by atoms with Gasteiger partial charge in [-0.25, -0.2) is 0 Å². The van der Waals surface area contributed by atoms with Gasteiger partial charge in [0, 0.05) is 39.3 Å². The number of nitrogens with one attached hydrogen (secondary N) is 2. The molecule has 8 heteroatoms. The molecule has 1 heterocycles. The van der Waals surface area contributed by atoms with Gasteiger partial charge in [0.25, 0.3) is 5.91 Å². The van der Waals surface area contributed by atoms with Gasteiger partial charge in [-0.3, -0.25) is 14.7 Å². The summed E-state index contributed by atoms with van der Waals surface area (Å²) in [6.45, 7) is 9.37. The van der Waals surface area contributed by atoms with Crippen LogP contribution in [0.4, 0.5) is 0 Å². The second kappa shape index (κ2) is 12.3. The van der Waals surface area contributed by atoms with Crippen molar-refractivity contribution < 1.29 is 14.3 Å². The van der Waals surface area contributed by atoms with Crippen LogP contribution in [0.1, 0.15) is 25.8 Å². The molecule has 0 aliphatic carbocycles. The largest absolute Gasteiger partial charge is 0.484 e. The lowest BCUT2D eigenvalue weighted by Gasteiger charge is -2.35. The monoisotopic (exact) mass is 405 g/mol. The molecular weight excluding hydrogens is 370 g/mol. The molecule has 0 radical (unpaired) electrons. The second-order valence-electron chi connectivity index (χ2n) is 7.64. The summed E-state index contributed by atoms with van der Waals surface area (Å²) >= 11 is 0. The summed E-state index contributed by atoms with van der Waals surface area (Å²) in [6, 6.07) is 8.02. The van der Waals surface area contributed by atoms with Crippen molar-refractivity contribution in [2.45, 2.75) is 32.9 Å². The molecule has 0 spiro atoms. The SMILES string of the molecule is CN=C(NCc1cccc(OCC(N)=O)c1)NCC(CC(C)C)N1CCOCC1. The number of nitrogens with two attached hydrogens (primary N) is 1. The summed E-state index contributed by atoms with van der Waals surface area (Å²) in [7, 11) is 1.77. The summed E-state index contributed by atoms with van der Waals surface area (Å²) in [5, 5.41) is 6.80. The van der Waals surface area contributed by atoms with Crippen LogP contribution < -0.4 is 21.1 Å². The van der Waals surface area contributed by atoms with Crippen LogP contribution >= 0.6 is 0 Å². The van der Waals surface area contributed by atoms with Crippen molar-refractivity contribution in [2.75, 3.05) is 46.5 Å². The van der Waals surface area contributed by atoms with E-state index < -0.39 is 5.91 Å². The third kappa shape index (κ3) is 8.70. The fraction of sp³-hybridized carbons (Fsp3) is 0.619. The molecule has 2 rings (SSSR count). The number of hydrogen-bond acceptors (Lipinski definition) is 5. The molecule has 1 atom stereocenters. The van der Waals surface area contributed by atoms with E-state index in [1.165, 1.54) is 0 Å². The molecular formula is C21H35N5O3. The first-order chi connectivity index (χ1) is 14.0. The molecule has 0 aromatic heterocycles. The van der Waals surface area contributed by atoms with Crippen molar-refractivity contribution >= 4 is 11.9 Å². The number of benzene rings is 1. The zero-order chi connectivity index (χ0) is 21.1. The molecule has 1 aromatic carbocycles. The maximum atomic E-state index is 10.9.